The van der Waals surface area contributed by atoms with Gasteiger partial charge in [0.05, 0.1) is 12.3 Å². The Bertz CT molecular complexity index is 268. The van der Waals surface area contributed by atoms with Gasteiger partial charge >= 0.3 is 0 Å². The lowest BCUT2D eigenvalue weighted by atomic mass is 9.92. The molecule has 15 heavy (non-hydrogen) atoms. The lowest BCUT2D eigenvalue weighted by Gasteiger charge is -2.22. The molecule has 1 unspecified atom stereocenters. The van der Waals surface area contributed by atoms with Gasteiger partial charge in [0.1, 0.15) is 0 Å². The number of hydrogen-bond acceptors (Lipinski definition) is 3. The molecule has 2 N–H and O–H groups in total. The van der Waals surface area contributed by atoms with E-state index >= 15 is 0 Å². The molecule has 84 valence electrons. The number of H-pyrrole nitrogens is 1. The number of aliphatic hydroxyl groups is 1. The second-order valence-electron chi connectivity index (χ2n) is 4.18. The number of aromatic nitrogens is 2. The number of aliphatic hydroxyl groups excluding tert-OH is 1. The number of ether oxygens (including phenoxy) is 1. The number of rotatable bonds is 4. The van der Waals surface area contributed by atoms with Crippen molar-refractivity contribution in [2.45, 2.75) is 31.8 Å². The quantitative estimate of drug-likeness (QED) is 0.794. The highest BCUT2D eigenvalue weighted by Gasteiger charge is 2.16. The Morgan fingerprint density at radius 2 is 2.33 bits per heavy atom. The van der Waals surface area contributed by atoms with Crippen molar-refractivity contribution in [3.8, 4) is 0 Å². The van der Waals surface area contributed by atoms with Crippen LogP contribution in [0.1, 0.15) is 37.4 Å². The summed E-state index contributed by atoms with van der Waals surface area (Å²) < 4.78 is 5.30. The van der Waals surface area contributed by atoms with Crippen molar-refractivity contribution in [3.63, 3.8) is 0 Å². The molecule has 0 spiro atoms. The van der Waals surface area contributed by atoms with Crippen LogP contribution in [0.15, 0.2) is 12.4 Å². The fourth-order valence-electron chi connectivity index (χ4n) is 2.04. The van der Waals surface area contributed by atoms with Gasteiger partial charge in [0.25, 0.3) is 0 Å². The minimum absolute atomic E-state index is 0.369. The topological polar surface area (TPSA) is 58.1 Å². The van der Waals surface area contributed by atoms with Crippen LogP contribution in [0.5, 0.6) is 0 Å². The van der Waals surface area contributed by atoms with E-state index in [0.717, 1.165) is 50.4 Å². The van der Waals surface area contributed by atoms with Crippen LogP contribution < -0.4 is 0 Å². The predicted molar refractivity (Wildman–Crippen MR) is 56.3 cm³/mol. The van der Waals surface area contributed by atoms with E-state index in [4.69, 9.17) is 4.74 Å². The van der Waals surface area contributed by atoms with Gasteiger partial charge in [-0.3, -0.25) is 5.10 Å². The fourth-order valence-corrected chi connectivity index (χ4v) is 2.04. The lowest BCUT2D eigenvalue weighted by molar-refractivity contribution is 0.0568. The van der Waals surface area contributed by atoms with Gasteiger partial charge in [-0.15, -0.1) is 0 Å². The SMILES string of the molecule is OC(CCC1CCOCC1)c1cn[nH]c1. The summed E-state index contributed by atoms with van der Waals surface area (Å²) in [5, 5.41) is 16.4. The zero-order valence-electron chi connectivity index (χ0n) is 8.85. The highest BCUT2D eigenvalue weighted by Crippen LogP contribution is 2.25. The minimum Gasteiger partial charge on any atom is -0.388 e. The second kappa shape index (κ2) is 5.28. The highest BCUT2D eigenvalue weighted by molar-refractivity contribution is 5.06. The van der Waals surface area contributed by atoms with Crippen molar-refractivity contribution in [1.29, 1.82) is 0 Å². The Balaban J connectivity index is 1.73. The molecule has 2 rings (SSSR count). The molecule has 1 aromatic heterocycles. The molecule has 1 aliphatic rings. The Kier molecular flexibility index (Phi) is 3.75. The van der Waals surface area contributed by atoms with Gasteiger partial charge in [0.15, 0.2) is 0 Å². The first-order valence-corrected chi connectivity index (χ1v) is 5.61. The molecule has 1 atom stereocenters. The van der Waals surface area contributed by atoms with Crippen LogP contribution in [0.2, 0.25) is 0 Å². The first-order valence-electron chi connectivity index (χ1n) is 5.61. The largest absolute Gasteiger partial charge is 0.388 e. The summed E-state index contributed by atoms with van der Waals surface area (Å²) in [5.41, 5.74) is 0.891. The molecule has 2 heterocycles. The fraction of sp³-hybridized carbons (Fsp3) is 0.727. The Labute approximate surface area is 89.7 Å². The van der Waals surface area contributed by atoms with E-state index in [1.165, 1.54) is 0 Å². The zero-order valence-corrected chi connectivity index (χ0v) is 8.85. The number of nitrogens with one attached hydrogen (secondary N) is 1. The Morgan fingerprint density at radius 1 is 1.53 bits per heavy atom. The van der Waals surface area contributed by atoms with E-state index in [9.17, 15) is 5.11 Å². The maximum absolute atomic E-state index is 9.85. The van der Waals surface area contributed by atoms with Gasteiger partial charge in [-0.25, -0.2) is 0 Å². The third-order valence-corrected chi connectivity index (χ3v) is 3.09. The third kappa shape index (κ3) is 3.04. The first-order chi connectivity index (χ1) is 7.36. The maximum atomic E-state index is 9.85. The van der Waals surface area contributed by atoms with E-state index in [-0.39, 0.29) is 6.10 Å². The molecule has 0 bridgehead atoms. The summed E-state index contributed by atoms with van der Waals surface area (Å²) in [6.07, 6.45) is 7.26. The molecule has 0 aromatic carbocycles. The minimum atomic E-state index is -0.369. The summed E-state index contributed by atoms with van der Waals surface area (Å²) in [5.74, 6) is 0.723. The average Bonchev–Trinajstić information content (AvgIpc) is 2.81. The van der Waals surface area contributed by atoms with Crippen LogP contribution in [0.3, 0.4) is 0 Å². The van der Waals surface area contributed by atoms with Crippen LogP contribution in [-0.2, 0) is 4.74 Å². The second-order valence-corrected chi connectivity index (χ2v) is 4.18. The van der Waals surface area contributed by atoms with Crippen LogP contribution in [0.25, 0.3) is 0 Å². The van der Waals surface area contributed by atoms with E-state index in [0.29, 0.717) is 0 Å². The smallest absolute Gasteiger partial charge is 0.0820 e. The standard InChI is InChI=1S/C11H18N2O2/c14-11(10-7-12-13-8-10)2-1-9-3-5-15-6-4-9/h7-9,11,14H,1-6H2,(H,12,13). The molecule has 1 fully saturated rings. The molecule has 0 amide bonds. The molecule has 1 aliphatic heterocycles. The first kappa shape index (κ1) is 10.6. The zero-order chi connectivity index (χ0) is 10.5. The summed E-state index contributed by atoms with van der Waals surface area (Å²) in [4.78, 5) is 0. The van der Waals surface area contributed by atoms with Gasteiger partial charge in [-0.05, 0) is 31.6 Å². The number of nitrogens with zero attached hydrogens (tertiary/aromatic N) is 1. The predicted octanol–water partition coefficient (Wildman–Crippen LogP) is 1.65. The normalized spacial score (nSPS) is 20.3. The summed E-state index contributed by atoms with van der Waals surface area (Å²) in [6.45, 7) is 1.76. The summed E-state index contributed by atoms with van der Waals surface area (Å²) in [6, 6.07) is 0. The van der Waals surface area contributed by atoms with Crippen LogP contribution in [0.4, 0.5) is 0 Å². The van der Waals surface area contributed by atoms with Gasteiger partial charge in [-0.2, -0.15) is 5.10 Å². The van der Waals surface area contributed by atoms with Gasteiger partial charge in [0, 0.05) is 25.0 Å². The van der Waals surface area contributed by atoms with E-state index in [1.54, 1.807) is 12.4 Å². The molecule has 0 saturated carbocycles. The van der Waals surface area contributed by atoms with Crippen LogP contribution >= 0.6 is 0 Å². The molecule has 1 aromatic rings. The summed E-state index contributed by atoms with van der Waals surface area (Å²) in [7, 11) is 0. The van der Waals surface area contributed by atoms with E-state index < -0.39 is 0 Å². The number of aromatic amines is 1. The van der Waals surface area contributed by atoms with E-state index in [2.05, 4.69) is 10.2 Å². The van der Waals surface area contributed by atoms with Gasteiger partial charge in [0.2, 0.25) is 0 Å². The average molecular weight is 210 g/mol. The molecular formula is C11H18N2O2. The summed E-state index contributed by atoms with van der Waals surface area (Å²) >= 11 is 0. The van der Waals surface area contributed by atoms with Gasteiger partial charge in [-0.1, -0.05) is 0 Å². The lowest BCUT2D eigenvalue weighted by Crippen LogP contribution is -2.16. The van der Waals surface area contributed by atoms with Crippen molar-refractivity contribution >= 4 is 0 Å². The number of hydrogen-bond donors (Lipinski definition) is 2. The third-order valence-electron chi connectivity index (χ3n) is 3.09. The molecule has 4 heteroatoms. The van der Waals surface area contributed by atoms with Crippen molar-refractivity contribution in [1.82, 2.24) is 10.2 Å². The Morgan fingerprint density at radius 3 is 3.00 bits per heavy atom. The molecular weight excluding hydrogens is 192 g/mol. The monoisotopic (exact) mass is 210 g/mol. The van der Waals surface area contributed by atoms with Crippen LogP contribution in [-0.4, -0.2) is 28.5 Å². The molecule has 0 aliphatic carbocycles. The molecule has 4 nitrogen and oxygen atoms in total. The molecule has 0 radical (unpaired) electrons. The van der Waals surface area contributed by atoms with Crippen molar-refractivity contribution in [2.24, 2.45) is 5.92 Å². The van der Waals surface area contributed by atoms with Gasteiger partial charge < -0.3 is 9.84 Å². The van der Waals surface area contributed by atoms with Crippen LogP contribution in [0, 0.1) is 5.92 Å². The maximum Gasteiger partial charge on any atom is 0.0820 e. The highest BCUT2D eigenvalue weighted by atomic mass is 16.5. The Hall–Kier alpha value is -0.870. The van der Waals surface area contributed by atoms with Crippen molar-refractivity contribution in [2.75, 3.05) is 13.2 Å². The van der Waals surface area contributed by atoms with Crippen molar-refractivity contribution < 1.29 is 9.84 Å². The molecule has 1 saturated heterocycles. The van der Waals surface area contributed by atoms with Crippen molar-refractivity contribution in [3.05, 3.63) is 18.0 Å². The van der Waals surface area contributed by atoms with E-state index in [1.807, 2.05) is 0 Å².